The molecule has 8 heteroatoms. The number of aromatic nitrogens is 2. The first kappa shape index (κ1) is 14.2. The molecule has 1 saturated carbocycles. The van der Waals surface area contributed by atoms with Gasteiger partial charge in [-0.05, 0) is 37.1 Å². The summed E-state index contributed by atoms with van der Waals surface area (Å²) in [4.78, 5) is -0.0849. The molecule has 0 amide bonds. The van der Waals surface area contributed by atoms with Gasteiger partial charge in [0.15, 0.2) is 5.15 Å². The van der Waals surface area contributed by atoms with Crippen LogP contribution in [0, 0.1) is 0 Å². The van der Waals surface area contributed by atoms with Gasteiger partial charge in [0, 0.05) is 21.6 Å². The van der Waals surface area contributed by atoms with E-state index >= 15 is 0 Å². The van der Waals surface area contributed by atoms with Crippen LogP contribution in [-0.4, -0.2) is 18.2 Å². The summed E-state index contributed by atoms with van der Waals surface area (Å²) >= 11 is 12.0. The maximum atomic E-state index is 11.7. The Morgan fingerprint density at radius 3 is 2.25 bits per heavy atom. The van der Waals surface area contributed by atoms with Gasteiger partial charge in [0.1, 0.15) is 4.90 Å². The Balaban J connectivity index is 2.20. The van der Waals surface area contributed by atoms with E-state index in [0.717, 1.165) is 12.8 Å². The molecule has 1 heterocycles. The van der Waals surface area contributed by atoms with E-state index in [-0.39, 0.29) is 16.0 Å². The largest absolute Gasteiger partial charge is 0.266 e. The highest BCUT2D eigenvalue weighted by molar-refractivity contribution is 8.13. The Morgan fingerprint density at radius 1 is 1.15 bits per heavy atom. The lowest BCUT2D eigenvalue weighted by Crippen LogP contribution is -1.97. The van der Waals surface area contributed by atoms with Gasteiger partial charge < -0.3 is 0 Å². The van der Waals surface area contributed by atoms with Crippen LogP contribution in [0.3, 0.4) is 0 Å². The lowest BCUT2D eigenvalue weighted by molar-refractivity contribution is 0.608. The SMILES string of the molecule is O=S(=O)(Cl)c1c(C2CC2)nn(-c2ccc(Cl)cc2)c1Cl. The smallest absolute Gasteiger partial charge is 0.220 e. The first-order valence-electron chi connectivity index (χ1n) is 5.87. The second kappa shape index (κ2) is 4.91. The maximum absolute atomic E-state index is 11.7. The standard InChI is InChI=1S/C12H9Cl3N2O2S/c13-8-3-5-9(6-4-8)17-12(14)11(20(15,18)19)10(16-17)7-1-2-7/h3-7H,1-2H2. The fourth-order valence-electron chi connectivity index (χ4n) is 2.00. The summed E-state index contributed by atoms with van der Waals surface area (Å²) in [7, 11) is 1.55. The van der Waals surface area contributed by atoms with E-state index in [1.165, 1.54) is 4.68 Å². The van der Waals surface area contributed by atoms with Crippen molar-refractivity contribution in [2.45, 2.75) is 23.7 Å². The van der Waals surface area contributed by atoms with Crippen molar-refractivity contribution < 1.29 is 8.42 Å². The number of hydrogen-bond donors (Lipinski definition) is 0. The van der Waals surface area contributed by atoms with Crippen molar-refractivity contribution in [1.82, 2.24) is 9.78 Å². The molecule has 0 saturated heterocycles. The molecule has 0 bridgehead atoms. The van der Waals surface area contributed by atoms with Gasteiger partial charge in [0.25, 0.3) is 9.05 Å². The highest BCUT2D eigenvalue weighted by Crippen LogP contribution is 2.45. The lowest BCUT2D eigenvalue weighted by atomic mass is 10.3. The monoisotopic (exact) mass is 350 g/mol. The zero-order chi connectivity index (χ0) is 14.5. The van der Waals surface area contributed by atoms with Crippen LogP contribution in [0.2, 0.25) is 10.2 Å². The van der Waals surface area contributed by atoms with Crippen LogP contribution in [0.15, 0.2) is 29.2 Å². The molecule has 20 heavy (non-hydrogen) atoms. The highest BCUT2D eigenvalue weighted by atomic mass is 35.7. The van der Waals surface area contributed by atoms with Crippen LogP contribution in [0.5, 0.6) is 0 Å². The summed E-state index contributed by atoms with van der Waals surface area (Å²) in [5.41, 5.74) is 1.08. The van der Waals surface area contributed by atoms with Crippen molar-refractivity contribution in [3.8, 4) is 5.69 Å². The van der Waals surface area contributed by atoms with E-state index in [4.69, 9.17) is 33.9 Å². The minimum absolute atomic E-state index is 0.00391. The summed E-state index contributed by atoms with van der Waals surface area (Å²) in [5, 5.41) is 4.89. The van der Waals surface area contributed by atoms with Crippen molar-refractivity contribution in [1.29, 1.82) is 0 Å². The van der Waals surface area contributed by atoms with Gasteiger partial charge in [-0.25, -0.2) is 13.1 Å². The summed E-state index contributed by atoms with van der Waals surface area (Å²) in [6.07, 6.45) is 1.79. The molecule has 0 spiro atoms. The van der Waals surface area contributed by atoms with E-state index in [2.05, 4.69) is 5.10 Å². The van der Waals surface area contributed by atoms with Gasteiger partial charge in [-0.2, -0.15) is 5.10 Å². The van der Waals surface area contributed by atoms with Crippen LogP contribution in [0.4, 0.5) is 0 Å². The fraction of sp³-hybridized carbons (Fsp3) is 0.250. The van der Waals surface area contributed by atoms with E-state index in [1.54, 1.807) is 24.3 Å². The van der Waals surface area contributed by atoms with Gasteiger partial charge in [0.05, 0.1) is 11.4 Å². The second-order valence-electron chi connectivity index (χ2n) is 4.61. The normalized spacial score (nSPS) is 15.6. The Labute approximate surface area is 130 Å². The fourth-order valence-corrected chi connectivity index (χ4v) is 3.98. The predicted molar refractivity (Wildman–Crippen MR) is 78.6 cm³/mol. The Kier molecular flexibility index (Phi) is 3.49. The van der Waals surface area contributed by atoms with E-state index in [9.17, 15) is 8.42 Å². The number of halogens is 3. The molecule has 106 valence electrons. The van der Waals surface area contributed by atoms with Crippen LogP contribution in [-0.2, 0) is 9.05 Å². The molecule has 1 aromatic carbocycles. The Morgan fingerprint density at radius 2 is 1.75 bits per heavy atom. The van der Waals surface area contributed by atoms with Crippen LogP contribution < -0.4 is 0 Å². The molecule has 2 aromatic rings. The molecule has 0 N–H and O–H groups in total. The quantitative estimate of drug-likeness (QED) is 0.786. The zero-order valence-electron chi connectivity index (χ0n) is 10.1. The number of hydrogen-bond acceptors (Lipinski definition) is 3. The molecule has 1 aliphatic rings. The molecular weight excluding hydrogens is 343 g/mol. The maximum Gasteiger partial charge on any atom is 0.266 e. The van der Waals surface area contributed by atoms with Crippen molar-refractivity contribution in [2.75, 3.05) is 0 Å². The van der Waals surface area contributed by atoms with Crippen molar-refractivity contribution in [3.63, 3.8) is 0 Å². The second-order valence-corrected chi connectivity index (χ2v) is 7.90. The Bertz CT molecular complexity index is 765. The van der Waals surface area contributed by atoms with Crippen LogP contribution in [0.1, 0.15) is 24.5 Å². The molecule has 4 nitrogen and oxygen atoms in total. The molecule has 0 radical (unpaired) electrons. The summed E-state index contributed by atoms with van der Waals surface area (Å²) in [6.45, 7) is 0. The zero-order valence-corrected chi connectivity index (χ0v) is 13.1. The average molecular weight is 352 g/mol. The van der Waals surface area contributed by atoms with Crippen LogP contribution in [0.25, 0.3) is 5.69 Å². The summed E-state index contributed by atoms with van der Waals surface area (Å²) in [6, 6.07) is 6.78. The third kappa shape index (κ3) is 2.55. The molecule has 3 rings (SSSR count). The van der Waals surface area contributed by atoms with Gasteiger partial charge in [-0.3, -0.25) is 0 Å². The molecule has 1 aromatic heterocycles. The third-order valence-electron chi connectivity index (χ3n) is 3.09. The summed E-state index contributed by atoms with van der Waals surface area (Å²) in [5.74, 6) is 0.115. The van der Waals surface area contributed by atoms with Crippen molar-refractivity contribution in [2.24, 2.45) is 0 Å². The van der Waals surface area contributed by atoms with Crippen molar-refractivity contribution >= 4 is 42.9 Å². The molecular formula is C12H9Cl3N2O2S. The van der Waals surface area contributed by atoms with Gasteiger partial charge >= 0.3 is 0 Å². The minimum atomic E-state index is -3.93. The molecule has 0 atom stereocenters. The van der Waals surface area contributed by atoms with E-state index in [0.29, 0.717) is 16.4 Å². The number of rotatable bonds is 3. The minimum Gasteiger partial charge on any atom is -0.220 e. The average Bonchev–Trinajstić information content (AvgIpc) is 3.13. The lowest BCUT2D eigenvalue weighted by Gasteiger charge is -2.02. The number of benzene rings is 1. The predicted octanol–water partition coefficient (Wildman–Crippen LogP) is 3.98. The first-order chi connectivity index (χ1) is 9.38. The molecule has 1 fully saturated rings. The Hall–Kier alpha value is -0.750. The first-order valence-corrected chi connectivity index (χ1v) is 8.93. The molecule has 0 aliphatic heterocycles. The summed E-state index contributed by atoms with van der Waals surface area (Å²) < 4.78 is 24.8. The van der Waals surface area contributed by atoms with E-state index in [1.807, 2.05) is 0 Å². The topological polar surface area (TPSA) is 52.0 Å². The van der Waals surface area contributed by atoms with Gasteiger partial charge in [-0.15, -0.1) is 0 Å². The third-order valence-corrected chi connectivity index (χ3v) is 5.16. The van der Waals surface area contributed by atoms with E-state index < -0.39 is 9.05 Å². The van der Waals surface area contributed by atoms with Gasteiger partial charge in [0.2, 0.25) is 0 Å². The molecule has 0 unspecified atom stereocenters. The number of nitrogens with zero attached hydrogens (tertiary/aromatic N) is 2. The van der Waals surface area contributed by atoms with Crippen molar-refractivity contribution in [3.05, 3.63) is 40.1 Å². The molecule has 1 aliphatic carbocycles. The van der Waals surface area contributed by atoms with Gasteiger partial charge in [-0.1, -0.05) is 23.2 Å². The highest BCUT2D eigenvalue weighted by Gasteiger charge is 2.36. The van der Waals surface area contributed by atoms with Crippen LogP contribution >= 0.6 is 33.9 Å².